The van der Waals surface area contributed by atoms with Gasteiger partial charge < -0.3 is 18.9 Å². The maximum absolute atomic E-state index is 11.8. The molecular formula is C19H22N2O5. The minimum absolute atomic E-state index is 0.135. The van der Waals surface area contributed by atoms with Crippen LogP contribution in [0.3, 0.4) is 0 Å². The quantitative estimate of drug-likeness (QED) is 0.580. The normalized spacial score (nSPS) is 10.5. The fraction of sp³-hybridized carbons (Fsp3) is 0.263. The second kappa shape index (κ2) is 9.31. The predicted octanol–water partition coefficient (Wildman–Crippen LogP) is 2.55. The number of methoxy groups -OCH3 is 3. The van der Waals surface area contributed by atoms with Crippen molar-refractivity contribution in [2.45, 2.75) is 6.92 Å². The van der Waals surface area contributed by atoms with Gasteiger partial charge in [-0.3, -0.25) is 4.79 Å². The summed E-state index contributed by atoms with van der Waals surface area (Å²) in [5.74, 6) is 1.71. The maximum Gasteiger partial charge on any atom is 0.277 e. The molecule has 1 amide bonds. The van der Waals surface area contributed by atoms with E-state index in [4.69, 9.17) is 18.9 Å². The van der Waals surface area contributed by atoms with Gasteiger partial charge in [-0.1, -0.05) is 12.1 Å². The highest BCUT2D eigenvalue weighted by Crippen LogP contribution is 2.38. The Kier molecular flexibility index (Phi) is 6.84. The Bertz CT molecular complexity index is 789. The number of hydrogen-bond donors (Lipinski definition) is 1. The second-order valence-corrected chi connectivity index (χ2v) is 5.32. The fourth-order valence-electron chi connectivity index (χ4n) is 2.29. The van der Waals surface area contributed by atoms with Gasteiger partial charge in [-0.25, -0.2) is 5.43 Å². The van der Waals surface area contributed by atoms with E-state index in [-0.39, 0.29) is 12.5 Å². The van der Waals surface area contributed by atoms with Crippen molar-refractivity contribution in [1.82, 2.24) is 5.43 Å². The summed E-state index contributed by atoms with van der Waals surface area (Å²) in [6, 6.07) is 10.9. The number of aryl methyl sites for hydroxylation is 1. The van der Waals surface area contributed by atoms with E-state index in [1.54, 1.807) is 25.3 Å². The third-order valence-electron chi connectivity index (χ3n) is 3.49. The van der Waals surface area contributed by atoms with Crippen molar-refractivity contribution in [2.24, 2.45) is 5.10 Å². The van der Waals surface area contributed by atoms with Crippen molar-refractivity contribution in [3.63, 3.8) is 0 Å². The van der Waals surface area contributed by atoms with Gasteiger partial charge in [-0.15, -0.1) is 0 Å². The molecule has 2 aromatic rings. The number of hydrazone groups is 1. The van der Waals surface area contributed by atoms with Crippen molar-refractivity contribution in [1.29, 1.82) is 0 Å². The predicted molar refractivity (Wildman–Crippen MR) is 98.5 cm³/mol. The molecule has 0 heterocycles. The van der Waals surface area contributed by atoms with Crippen LogP contribution in [0, 0.1) is 6.92 Å². The van der Waals surface area contributed by atoms with Gasteiger partial charge in [0.1, 0.15) is 5.75 Å². The maximum atomic E-state index is 11.8. The summed E-state index contributed by atoms with van der Waals surface area (Å²) in [6.07, 6.45) is 1.46. The lowest BCUT2D eigenvalue weighted by Crippen LogP contribution is -2.24. The highest BCUT2D eigenvalue weighted by Gasteiger charge is 2.14. The largest absolute Gasteiger partial charge is 0.493 e. The van der Waals surface area contributed by atoms with Crippen LogP contribution in [-0.2, 0) is 4.79 Å². The van der Waals surface area contributed by atoms with Gasteiger partial charge in [0.25, 0.3) is 5.91 Å². The lowest BCUT2D eigenvalue weighted by Gasteiger charge is -2.13. The molecule has 0 aromatic heterocycles. The molecule has 0 spiro atoms. The van der Waals surface area contributed by atoms with Crippen molar-refractivity contribution in [2.75, 3.05) is 27.9 Å². The van der Waals surface area contributed by atoms with Crippen LogP contribution in [0.25, 0.3) is 0 Å². The zero-order valence-electron chi connectivity index (χ0n) is 15.2. The molecule has 0 aliphatic rings. The Morgan fingerprint density at radius 2 is 1.85 bits per heavy atom. The zero-order chi connectivity index (χ0) is 18.9. The first-order valence-corrected chi connectivity index (χ1v) is 7.89. The molecule has 0 radical (unpaired) electrons. The molecule has 0 saturated carbocycles. The lowest BCUT2D eigenvalue weighted by molar-refractivity contribution is -0.123. The van der Waals surface area contributed by atoms with Crippen LogP contribution in [0.4, 0.5) is 0 Å². The average molecular weight is 358 g/mol. The Labute approximate surface area is 152 Å². The molecule has 7 nitrogen and oxygen atoms in total. The van der Waals surface area contributed by atoms with Gasteiger partial charge in [-0.05, 0) is 36.8 Å². The van der Waals surface area contributed by atoms with Crippen molar-refractivity contribution < 1.29 is 23.7 Å². The van der Waals surface area contributed by atoms with Crippen LogP contribution >= 0.6 is 0 Å². The average Bonchev–Trinajstić information content (AvgIpc) is 2.65. The topological polar surface area (TPSA) is 78.4 Å². The first kappa shape index (κ1) is 19.1. The molecule has 2 aromatic carbocycles. The molecular weight excluding hydrogens is 336 g/mol. The monoisotopic (exact) mass is 358 g/mol. The minimum Gasteiger partial charge on any atom is -0.493 e. The van der Waals surface area contributed by atoms with Gasteiger partial charge in [0, 0.05) is 5.56 Å². The van der Waals surface area contributed by atoms with E-state index >= 15 is 0 Å². The third kappa shape index (κ3) is 4.89. The van der Waals surface area contributed by atoms with E-state index in [1.165, 1.54) is 20.4 Å². The Balaban J connectivity index is 1.98. The SMILES string of the molecule is COc1ccc(/C=N\NC(=O)COc2cccc(C)c2)c(OC)c1OC. The summed E-state index contributed by atoms with van der Waals surface area (Å²) >= 11 is 0. The molecule has 0 bridgehead atoms. The molecule has 0 aliphatic carbocycles. The Morgan fingerprint density at radius 1 is 1.08 bits per heavy atom. The Morgan fingerprint density at radius 3 is 2.50 bits per heavy atom. The van der Waals surface area contributed by atoms with E-state index in [0.717, 1.165) is 5.56 Å². The summed E-state index contributed by atoms with van der Waals surface area (Å²) in [5.41, 5.74) is 4.10. The molecule has 0 saturated heterocycles. The molecule has 26 heavy (non-hydrogen) atoms. The standard InChI is InChI=1S/C19H22N2O5/c1-13-6-5-7-15(10-13)26-12-17(22)21-20-11-14-8-9-16(23-2)19(25-4)18(14)24-3/h5-11H,12H2,1-4H3,(H,21,22)/b20-11-. The van der Waals surface area contributed by atoms with Gasteiger partial charge in [0.15, 0.2) is 18.1 Å². The number of ether oxygens (including phenoxy) is 4. The second-order valence-electron chi connectivity index (χ2n) is 5.32. The van der Waals surface area contributed by atoms with E-state index in [9.17, 15) is 4.79 Å². The van der Waals surface area contributed by atoms with Gasteiger partial charge in [0.05, 0.1) is 27.5 Å². The van der Waals surface area contributed by atoms with Crippen molar-refractivity contribution in [3.05, 3.63) is 47.5 Å². The lowest BCUT2D eigenvalue weighted by atomic mass is 10.2. The molecule has 0 unspecified atom stereocenters. The van der Waals surface area contributed by atoms with E-state index in [0.29, 0.717) is 28.6 Å². The molecule has 2 rings (SSSR count). The first-order chi connectivity index (χ1) is 12.6. The zero-order valence-corrected chi connectivity index (χ0v) is 15.2. The number of hydrogen-bond acceptors (Lipinski definition) is 6. The number of benzene rings is 2. The fourth-order valence-corrected chi connectivity index (χ4v) is 2.29. The molecule has 138 valence electrons. The number of amides is 1. The molecule has 1 N–H and O–H groups in total. The van der Waals surface area contributed by atoms with E-state index < -0.39 is 0 Å². The van der Waals surface area contributed by atoms with E-state index in [1.807, 2.05) is 25.1 Å². The molecule has 0 fully saturated rings. The summed E-state index contributed by atoms with van der Waals surface area (Å²) in [4.78, 5) is 11.8. The van der Waals surface area contributed by atoms with Crippen LogP contribution in [-0.4, -0.2) is 40.1 Å². The van der Waals surface area contributed by atoms with Gasteiger partial charge in [-0.2, -0.15) is 5.10 Å². The summed E-state index contributed by atoms with van der Waals surface area (Å²) < 4.78 is 21.3. The Hall–Kier alpha value is -3.22. The highest BCUT2D eigenvalue weighted by molar-refractivity contribution is 5.87. The van der Waals surface area contributed by atoms with Crippen LogP contribution in [0.1, 0.15) is 11.1 Å². The van der Waals surface area contributed by atoms with Crippen LogP contribution in [0.15, 0.2) is 41.5 Å². The minimum atomic E-state index is -0.373. The molecule has 7 heteroatoms. The van der Waals surface area contributed by atoms with Crippen LogP contribution in [0.5, 0.6) is 23.0 Å². The molecule has 0 aliphatic heterocycles. The number of nitrogens with zero attached hydrogens (tertiary/aromatic N) is 1. The first-order valence-electron chi connectivity index (χ1n) is 7.89. The van der Waals surface area contributed by atoms with Gasteiger partial charge in [0.2, 0.25) is 5.75 Å². The van der Waals surface area contributed by atoms with Crippen molar-refractivity contribution >= 4 is 12.1 Å². The number of carbonyl (C=O) groups excluding carboxylic acids is 1. The van der Waals surface area contributed by atoms with Gasteiger partial charge >= 0.3 is 0 Å². The van der Waals surface area contributed by atoms with E-state index in [2.05, 4.69) is 10.5 Å². The number of nitrogens with one attached hydrogen (secondary N) is 1. The summed E-state index contributed by atoms with van der Waals surface area (Å²) in [5, 5.41) is 3.93. The third-order valence-corrected chi connectivity index (χ3v) is 3.49. The van der Waals surface area contributed by atoms with Crippen LogP contribution < -0.4 is 24.4 Å². The summed E-state index contributed by atoms with van der Waals surface area (Å²) in [7, 11) is 4.58. The number of carbonyl (C=O) groups is 1. The summed E-state index contributed by atoms with van der Waals surface area (Å²) in [6.45, 7) is 1.82. The van der Waals surface area contributed by atoms with Crippen LogP contribution in [0.2, 0.25) is 0 Å². The highest BCUT2D eigenvalue weighted by atomic mass is 16.5. The smallest absolute Gasteiger partial charge is 0.277 e. The number of rotatable bonds is 8. The molecule has 0 atom stereocenters. The van der Waals surface area contributed by atoms with Crippen molar-refractivity contribution in [3.8, 4) is 23.0 Å².